The molecule has 2 heterocycles. The number of benzene rings is 2. The van der Waals surface area contributed by atoms with Crippen LogP contribution in [0.15, 0.2) is 46.9 Å². The Balaban J connectivity index is 1.56. The van der Waals surface area contributed by atoms with Crippen molar-refractivity contribution in [1.29, 1.82) is 0 Å². The number of rotatable bonds is 2. The molecule has 0 radical (unpaired) electrons. The maximum atomic E-state index is 9.79. The van der Waals surface area contributed by atoms with Gasteiger partial charge in [0.05, 0.1) is 17.1 Å². The minimum absolute atomic E-state index is 0.146. The third kappa shape index (κ3) is 2.51. The molecule has 0 bridgehead atoms. The minimum Gasteiger partial charge on any atom is -0.436 e. The van der Waals surface area contributed by atoms with E-state index in [2.05, 4.69) is 34.7 Å². The van der Waals surface area contributed by atoms with Crippen molar-refractivity contribution in [3.05, 3.63) is 48.3 Å². The first-order valence-corrected chi connectivity index (χ1v) is 9.21. The number of aliphatic hydroxyl groups is 1. The lowest BCUT2D eigenvalue weighted by Crippen LogP contribution is -2.21. The molecule has 4 aromatic rings. The number of imidazole rings is 1. The van der Waals surface area contributed by atoms with Crippen LogP contribution in [0.4, 0.5) is 0 Å². The van der Waals surface area contributed by atoms with E-state index in [0.29, 0.717) is 11.9 Å². The second-order valence-electron chi connectivity index (χ2n) is 7.18. The van der Waals surface area contributed by atoms with Crippen LogP contribution >= 0.6 is 0 Å². The van der Waals surface area contributed by atoms with Crippen LogP contribution in [0.3, 0.4) is 0 Å². The van der Waals surface area contributed by atoms with Gasteiger partial charge in [-0.25, -0.2) is 9.97 Å². The van der Waals surface area contributed by atoms with Crippen molar-refractivity contribution >= 4 is 22.1 Å². The van der Waals surface area contributed by atoms with Gasteiger partial charge in [0.25, 0.3) is 0 Å². The first-order chi connectivity index (χ1) is 12.7. The van der Waals surface area contributed by atoms with E-state index in [0.717, 1.165) is 59.2 Å². The van der Waals surface area contributed by atoms with Crippen molar-refractivity contribution in [3.63, 3.8) is 0 Å². The number of para-hydroxylation sites is 2. The monoisotopic (exact) mass is 347 g/mol. The Morgan fingerprint density at radius 3 is 2.62 bits per heavy atom. The fourth-order valence-electron chi connectivity index (χ4n) is 4.13. The van der Waals surface area contributed by atoms with Gasteiger partial charge < -0.3 is 14.1 Å². The van der Waals surface area contributed by atoms with Crippen molar-refractivity contribution < 1.29 is 9.52 Å². The molecule has 0 atom stereocenters. The maximum Gasteiger partial charge on any atom is 0.227 e. The highest BCUT2D eigenvalue weighted by Gasteiger charge is 2.24. The molecule has 5 nitrogen and oxygen atoms in total. The van der Waals surface area contributed by atoms with Gasteiger partial charge >= 0.3 is 0 Å². The van der Waals surface area contributed by atoms with E-state index in [9.17, 15) is 5.11 Å². The Kier molecular flexibility index (Phi) is 3.57. The van der Waals surface area contributed by atoms with E-state index in [1.807, 2.05) is 24.3 Å². The molecule has 0 unspecified atom stereocenters. The Labute approximate surface area is 151 Å². The van der Waals surface area contributed by atoms with Gasteiger partial charge in [-0.05, 0) is 62.9 Å². The van der Waals surface area contributed by atoms with E-state index in [1.165, 1.54) is 0 Å². The topological polar surface area (TPSA) is 64.1 Å². The zero-order valence-corrected chi connectivity index (χ0v) is 14.7. The molecule has 2 aromatic heterocycles. The summed E-state index contributed by atoms with van der Waals surface area (Å²) in [6.07, 6.45) is 3.59. The number of fused-ring (bicyclic) bond motifs is 2. The van der Waals surface area contributed by atoms with Crippen LogP contribution in [-0.2, 0) is 0 Å². The molecule has 0 amide bonds. The third-order valence-corrected chi connectivity index (χ3v) is 5.44. The molecule has 26 heavy (non-hydrogen) atoms. The summed E-state index contributed by atoms with van der Waals surface area (Å²) in [6.45, 7) is 2.06. The molecule has 1 aliphatic rings. The molecular formula is C21H21N3O2. The molecule has 1 saturated carbocycles. The van der Waals surface area contributed by atoms with Gasteiger partial charge in [-0.2, -0.15) is 0 Å². The van der Waals surface area contributed by atoms with Crippen LogP contribution in [0.25, 0.3) is 33.6 Å². The van der Waals surface area contributed by atoms with Gasteiger partial charge in [0, 0.05) is 11.6 Å². The van der Waals surface area contributed by atoms with Crippen LogP contribution in [0, 0.1) is 6.92 Å². The predicted octanol–water partition coefficient (Wildman–Crippen LogP) is 4.63. The van der Waals surface area contributed by atoms with Crippen molar-refractivity contribution in [1.82, 2.24) is 14.5 Å². The summed E-state index contributed by atoms with van der Waals surface area (Å²) in [5.74, 6) is 1.65. The molecule has 0 spiro atoms. The normalized spacial score (nSPS) is 20.8. The smallest absolute Gasteiger partial charge is 0.227 e. The zero-order valence-electron chi connectivity index (χ0n) is 14.7. The summed E-state index contributed by atoms with van der Waals surface area (Å²) >= 11 is 0. The zero-order chi connectivity index (χ0) is 17.7. The van der Waals surface area contributed by atoms with Crippen molar-refractivity contribution in [2.75, 3.05) is 0 Å². The first kappa shape index (κ1) is 15.6. The Morgan fingerprint density at radius 2 is 1.81 bits per heavy atom. The molecule has 1 fully saturated rings. The molecule has 2 aromatic carbocycles. The molecular weight excluding hydrogens is 326 g/mol. The molecule has 1 aliphatic carbocycles. The number of hydrogen-bond donors (Lipinski definition) is 1. The number of oxazole rings is 1. The molecule has 0 aliphatic heterocycles. The largest absolute Gasteiger partial charge is 0.436 e. The predicted molar refractivity (Wildman–Crippen MR) is 101 cm³/mol. The third-order valence-electron chi connectivity index (χ3n) is 5.44. The van der Waals surface area contributed by atoms with Crippen LogP contribution < -0.4 is 0 Å². The fourth-order valence-corrected chi connectivity index (χ4v) is 4.13. The van der Waals surface area contributed by atoms with Crippen molar-refractivity contribution in [3.8, 4) is 11.5 Å². The van der Waals surface area contributed by atoms with E-state index < -0.39 is 0 Å². The number of aliphatic hydroxyl groups excluding tert-OH is 1. The van der Waals surface area contributed by atoms with Crippen LogP contribution in [-0.4, -0.2) is 25.7 Å². The maximum absolute atomic E-state index is 9.79. The van der Waals surface area contributed by atoms with E-state index in [4.69, 9.17) is 9.40 Å². The van der Waals surface area contributed by atoms with Crippen LogP contribution in [0.2, 0.25) is 0 Å². The van der Waals surface area contributed by atoms with Crippen LogP contribution in [0.5, 0.6) is 0 Å². The highest BCUT2D eigenvalue weighted by Crippen LogP contribution is 2.34. The lowest BCUT2D eigenvalue weighted by molar-refractivity contribution is 0.111. The highest BCUT2D eigenvalue weighted by atomic mass is 16.3. The molecule has 5 heteroatoms. The molecule has 5 rings (SSSR count). The second-order valence-corrected chi connectivity index (χ2v) is 7.18. The lowest BCUT2D eigenvalue weighted by Gasteiger charge is -2.27. The van der Waals surface area contributed by atoms with Crippen LogP contribution in [0.1, 0.15) is 37.5 Å². The summed E-state index contributed by atoms with van der Waals surface area (Å²) < 4.78 is 8.23. The average molecular weight is 347 g/mol. The van der Waals surface area contributed by atoms with Gasteiger partial charge in [0.1, 0.15) is 11.3 Å². The van der Waals surface area contributed by atoms with E-state index in [-0.39, 0.29) is 6.10 Å². The van der Waals surface area contributed by atoms with Gasteiger partial charge in [-0.1, -0.05) is 12.1 Å². The van der Waals surface area contributed by atoms with Gasteiger partial charge in [0.2, 0.25) is 5.89 Å². The summed E-state index contributed by atoms with van der Waals surface area (Å²) in [5, 5.41) is 9.79. The first-order valence-electron chi connectivity index (χ1n) is 9.21. The highest BCUT2D eigenvalue weighted by molar-refractivity contribution is 5.83. The average Bonchev–Trinajstić information content (AvgIpc) is 3.22. The van der Waals surface area contributed by atoms with Gasteiger partial charge in [0.15, 0.2) is 5.58 Å². The summed E-state index contributed by atoms with van der Waals surface area (Å²) in [7, 11) is 0. The summed E-state index contributed by atoms with van der Waals surface area (Å²) in [6, 6.07) is 14.4. The lowest BCUT2D eigenvalue weighted by atomic mass is 9.92. The standard InChI is InChI=1S/C21H21N3O2/c1-13-22-18-12-14(21-23-17-4-2-3-5-20(17)26-21)6-11-19(18)24(13)15-7-9-16(25)10-8-15/h2-6,11-12,15-16,25H,7-10H2,1H3. The fraction of sp³-hybridized carbons (Fsp3) is 0.333. The van der Waals surface area contributed by atoms with Gasteiger partial charge in [-0.3, -0.25) is 0 Å². The van der Waals surface area contributed by atoms with E-state index >= 15 is 0 Å². The Morgan fingerprint density at radius 1 is 1.00 bits per heavy atom. The number of nitrogens with zero attached hydrogens (tertiary/aromatic N) is 3. The summed E-state index contributed by atoms with van der Waals surface area (Å²) in [5.41, 5.74) is 4.71. The second kappa shape index (κ2) is 5.95. The SMILES string of the molecule is Cc1nc2cc(-c3nc4ccccc4o3)ccc2n1C1CCC(O)CC1. The summed E-state index contributed by atoms with van der Waals surface area (Å²) in [4.78, 5) is 9.37. The van der Waals surface area contributed by atoms with Gasteiger partial charge in [-0.15, -0.1) is 0 Å². The van der Waals surface area contributed by atoms with Crippen molar-refractivity contribution in [2.45, 2.75) is 44.8 Å². The molecule has 0 saturated heterocycles. The number of aryl methyl sites for hydroxylation is 1. The minimum atomic E-state index is -0.146. The molecule has 132 valence electrons. The number of aromatic nitrogens is 3. The molecule has 1 N–H and O–H groups in total. The quantitative estimate of drug-likeness (QED) is 0.574. The Hall–Kier alpha value is -2.66. The van der Waals surface area contributed by atoms with E-state index in [1.54, 1.807) is 0 Å². The van der Waals surface area contributed by atoms with Crippen molar-refractivity contribution in [2.24, 2.45) is 0 Å². The number of hydrogen-bond acceptors (Lipinski definition) is 4. The Bertz CT molecular complexity index is 1050.